The summed E-state index contributed by atoms with van der Waals surface area (Å²) in [5, 5.41) is 0. The number of hydrogen-bond acceptors (Lipinski definition) is 4. The van der Waals surface area contributed by atoms with E-state index >= 15 is 0 Å². The molecule has 1 fully saturated rings. The van der Waals surface area contributed by atoms with E-state index in [4.69, 9.17) is 10.5 Å². The van der Waals surface area contributed by atoms with Crippen LogP contribution in [0.3, 0.4) is 0 Å². The van der Waals surface area contributed by atoms with E-state index in [0.29, 0.717) is 6.54 Å². The molecule has 0 saturated carbocycles. The average molecular weight is 200 g/mol. The predicted molar refractivity (Wildman–Crippen MR) is 54.9 cm³/mol. The first kappa shape index (κ1) is 11.5. The highest BCUT2D eigenvalue weighted by molar-refractivity contribution is 5.75. The van der Waals surface area contributed by atoms with Gasteiger partial charge in [-0.3, -0.25) is 9.69 Å². The molecular formula is C10H20N2O2. The lowest BCUT2D eigenvalue weighted by atomic mass is 10.2. The van der Waals surface area contributed by atoms with Gasteiger partial charge < -0.3 is 10.5 Å². The van der Waals surface area contributed by atoms with E-state index < -0.39 is 0 Å². The van der Waals surface area contributed by atoms with Crippen molar-refractivity contribution in [3.8, 4) is 0 Å². The summed E-state index contributed by atoms with van der Waals surface area (Å²) in [6.07, 6.45) is 4.84. The smallest absolute Gasteiger partial charge is 0.324 e. The van der Waals surface area contributed by atoms with E-state index in [-0.39, 0.29) is 12.0 Å². The molecule has 0 spiro atoms. The van der Waals surface area contributed by atoms with Gasteiger partial charge in [-0.15, -0.1) is 0 Å². The Kier molecular flexibility index (Phi) is 4.90. The zero-order valence-electron chi connectivity index (χ0n) is 8.87. The minimum Gasteiger partial charge on any atom is -0.468 e. The van der Waals surface area contributed by atoms with Crippen molar-refractivity contribution in [1.82, 2.24) is 4.90 Å². The Hall–Kier alpha value is -0.610. The molecule has 0 aromatic carbocycles. The van der Waals surface area contributed by atoms with E-state index in [1.165, 1.54) is 20.0 Å². The van der Waals surface area contributed by atoms with Crippen LogP contribution in [0.2, 0.25) is 0 Å². The molecule has 1 unspecified atom stereocenters. The van der Waals surface area contributed by atoms with Crippen molar-refractivity contribution in [2.75, 3.05) is 26.7 Å². The van der Waals surface area contributed by atoms with Crippen molar-refractivity contribution in [3.05, 3.63) is 0 Å². The van der Waals surface area contributed by atoms with E-state index in [2.05, 4.69) is 4.90 Å². The summed E-state index contributed by atoms with van der Waals surface area (Å²) in [6.45, 7) is 2.29. The van der Waals surface area contributed by atoms with Crippen LogP contribution in [-0.4, -0.2) is 43.7 Å². The van der Waals surface area contributed by atoms with Crippen molar-refractivity contribution in [1.29, 1.82) is 0 Å². The fourth-order valence-electron chi connectivity index (χ4n) is 1.94. The second-order valence-electron chi connectivity index (χ2n) is 3.72. The van der Waals surface area contributed by atoms with Crippen LogP contribution in [0.25, 0.3) is 0 Å². The minimum absolute atomic E-state index is 0.200. The van der Waals surface area contributed by atoms with Crippen LogP contribution in [0.5, 0.6) is 0 Å². The Morgan fingerprint density at radius 3 is 2.36 bits per heavy atom. The summed E-state index contributed by atoms with van der Waals surface area (Å²) < 4.78 is 4.74. The van der Waals surface area contributed by atoms with Gasteiger partial charge in [0, 0.05) is 6.54 Å². The number of rotatable bonds is 3. The number of carbonyl (C=O) groups excluding carboxylic acids is 1. The molecule has 0 aliphatic carbocycles. The molecule has 14 heavy (non-hydrogen) atoms. The third-order valence-corrected chi connectivity index (χ3v) is 2.78. The van der Waals surface area contributed by atoms with Crippen molar-refractivity contribution >= 4 is 5.97 Å². The summed E-state index contributed by atoms with van der Waals surface area (Å²) in [4.78, 5) is 13.6. The van der Waals surface area contributed by atoms with Crippen LogP contribution in [0.1, 0.15) is 25.7 Å². The van der Waals surface area contributed by atoms with Gasteiger partial charge in [0.15, 0.2) is 0 Å². The maximum absolute atomic E-state index is 11.4. The molecule has 0 aromatic rings. The maximum atomic E-state index is 11.4. The van der Waals surface area contributed by atoms with E-state index in [0.717, 1.165) is 25.9 Å². The third kappa shape index (κ3) is 2.96. The fraction of sp³-hybridized carbons (Fsp3) is 0.900. The molecule has 4 heteroatoms. The SMILES string of the molecule is COC(=O)C(CN)N1CCCCCC1. The molecule has 0 amide bonds. The van der Waals surface area contributed by atoms with Crippen LogP contribution in [0.15, 0.2) is 0 Å². The Morgan fingerprint density at radius 1 is 1.36 bits per heavy atom. The third-order valence-electron chi connectivity index (χ3n) is 2.78. The first-order chi connectivity index (χ1) is 6.79. The molecule has 1 atom stereocenters. The van der Waals surface area contributed by atoms with Gasteiger partial charge in [-0.1, -0.05) is 12.8 Å². The van der Waals surface area contributed by atoms with Gasteiger partial charge in [0.2, 0.25) is 0 Å². The summed E-state index contributed by atoms with van der Waals surface area (Å²) in [7, 11) is 1.42. The average Bonchev–Trinajstić information content (AvgIpc) is 2.47. The topological polar surface area (TPSA) is 55.6 Å². The number of carbonyl (C=O) groups is 1. The fourth-order valence-corrected chi connectivity index (χ4v) is 1.94. The van der Waals surface area contributed by atoms with Crippen molar-refractivity contribution < 1.29 is 9.53 Å². The molecule has 2 N–H and O–H groups in total. The van der Waals surface area contributed by atoms with E-state index in [1.54, 1.807) is 0 Å². The lowest BCUT2D eigenvalue weighted by Gasteiger charge is -2.27. The highest BCUT2D eigenvalue weighted by Crippen LogP contribution is 2.12. The number of esters is 1. The summed E-state index contributed by atoms with van der Waals surface area (Å²) in [5.41, 5.74) is 5.59. The number of methoxy groups -OCH3 is 1. The second-order valence-corrected chi connectivity index (χ2v) is 3.72. The summed E-state index contributed by atoms with van der Waals surface area (Å²) in [6, 6.07) is -0.238. The van der Waals surface area contributed by atoms with Crippen LogP contribution in [0.4, 0.5) is 0 Å². The lowest BCUT2D eigenvalue weighted by molar-refractivity contribution is -0.146. The minimum atomic E-state index is -0.238. The Labute approximate surface area is 85.4 Å². The summed E-state index contributed by atoms with van der Waals surface area (Å²) >= 11 is 0. The van der Waals surface area contributed by atoms with Gasteiger partial charge in [0.05, 0.1) is 7.11 Å². The van der Waals surface area contributed by atoms with Gasteiger partial charge in [-0.2, -0.15) is 0 Å². The lowest BCUT2D eigenvalue weighted by Crippen LogP contribution is -2.47. The number of likely N-dealkylation sites (tertiary alicyclic amines) is 1. The first-order valence-corrected chi connectivity index (χ1v) is 5.31. The number of nitrogens with zero attached hydrogens (tertiary/aromatic N) is 1. The largest absolute Gasteiger partial charge is 0.468 e. The van der Waals surface area contributed by atoms with Gasteiger partial charge in [0.25, 0.3) is 0 Å². The van der Waals surface area contributed by atoms with Gasteiger partial charge in [0.1, 0.15) is 6.04 Å². The standard InChI is InChI=1S/C10H20N2O2/c1-14-10(13)9(8-11)12-6-4-2-3-5-7-12/h9H,2-8,11H2,1H3. The number of nitrogens with two attached hydrogens (primary N) is 1. The maximum Gasteiger partial charge on any atom is 0.324 e. The predicted octanol–water partition coefficient (Wildman–Crippen LogP) is 0.363. The normalized spacial score (nSPS) is 21.3. The molecular weight excluding hydrogens is 180 g/mol. The Bertz CT molecular complexity index is 177. The molecule has 0 radical (unpaired) electrons. The van der Waals surface area contributed by atoms with E-state index in [1.807, 2.05) is 0 Å². The highest BCUT2D eigenvalue weighted by Gasteiger charge is 2.25. The van der Waals surface area contributed by atoms with Crippen molar-refractivity contribution in [2.24, 2.45) is 5.73 Å². The van der Waals surface area contributed by atoms with Crippen LogP contribution in [-0.2, 0) is 9.53 Å². The van der Waals surface area contributed by atoms with Crippen LogP contribution in [0, 0.1) is 0 Å². The molecule has 4 nitrogen and oxygen atoms in total. The first-order valence-electron chi connectivity index (χ1n) is 5.31. The van der Waals surface area contributed by atoms with Gasteiger partial charge in [-0.25, -0.2) is 0 Å². The van der Waals surface area contributed by atoms with E-state index in [9.17, 15) is 4.79 Å². The van der Waals surface area contributed by atoms with Crippen molar-refractivity contribution in [3.63, 3.8) is 0 Å². The number of hydrogen-bond donors (Lipinski definition) is 1. The molecule has 82 valence electrons. The zero-order chi connectivity index (χ0) is 10.4. The molecule has 1 rings (SSSR count). The zero-order valence-corrected chi connectivity index (χ0v) is 8.87. The van der Waals surface area contributed by atoms with Gasteiger partial charge in [-0.05, 0) is 25.9 Å². The summed E-state index contributed by atoms with van der Waals surface area (Å²) in [5.74, 6) is -0.200. The van der Waals surface area contributed by atoms with Crippen LogP contribution < -0.4 is 5.73 Å². The molecule has 0 bridgehead atoms. The molecule has 0 aromatic heterocycles. The second kappa shape index (κ2) is 5.98. The number of ether oxygens (including phenoxy) is 1. The Morgan fingerprint density at radius 2 is 1.93 bits per heavy atom. The Balaban J connectivity index is 2.52. The molecule has 1 saturated heterocycles. The quantitative estimate of drug-likeness (QED) is 0.668. The molecule has 1 aliphatic heterocycles. The molecule has 1 aliphatic rings. The van der Waals surface area contributed by atoms with Crippen LogP contribution >= 0.6 is 0 Å². The van der Waals surface area contributed by atoms with Crippen molar-refractivity contribution in [2.45, 2.75) is 31.7 Å². The molecule has 1 heterocycles. The monoisotopic (exact) mass is 200 g/mol. The highest BCUT2D eigenvalue weighted by atomic mass is 16.5. The van der Waals surface area contributed by atoms with Gasteiger partial charge >= 0.3 is 5.97 Å².